The van der Waals surface area contributed by atoms with E-state index in [1.165, 1.54) is 17.9 Å². The minimum Gasteiger partial charge on any atom is -0.442 e. The van der Waals surface area contributed by atoms with E-state index in [4.69, 9.17) is 16.2 Å². The van der Waals surface area contributed by atoms with Crippen molar-refractivity contribution in [3.63, 3.8) is 0 Å². The Morgan fingerprint density at radius 1 is 1.18 bits per heavy atom. The fraction of sp³-hybridized carbons (Fsp3) is 0.304. The number of amides is 4. The molecule has 0 spiro atoms. The molecule has 2 atom stereocenters. The van der Waals surface area contributed by atoms with E-state index in [9.17, 15) is 23.6 Å². The van der Waals surface area contributed by atoms with Crippen molar-refractivity contribution in [2.24, 2.45) is 11.5 Å². The summed E-state index contributed by atoms with van der Waals surface area (Å²) in [7, 11) is 0. The van der Waals surface area contributed by atoms with E-state index in [0.717, 1.165) is 5.56 Å². The number of nitrogens with two attached hydrogens (primary N) is 2. The van der Waals surface area contributed by atoms with Crippen LogP contribution in [0, 0.1) is 5.82 Å². The molecule has 1 heterocycles. The molecule has 180 valence electrons. The lowest BCUT2D eigenvalue weighted by atomic mass is 10.0. The summed E-state index contributed by atoms with van der Waals surface area (Å²) in [5.74, 6) is -1.91. The van der Waals surface area contributed by atoms with Gasteiger partial charge >= 0.3 is 6.09 Å². The van der Waals surface area contributed by atoms with Gasteiger partial charge in [0.05, 0.1) is 31.2 Å². The van der Waals surface area contributed by atoms with Crippen LogP contribution >= 0.6 is 0 Å². The van der Waals surface area contributed by atoms with E-state index in [0.29, 0.717) is 16.8 Å². The smallest absolute Gasteiger partial charge is 0.414 e. The molecule has 0 aromatic heterocycles. The minimum absolute atomic E-state index is 0.183. The van der Waals surface area contributed by atoms with Gasteiger partial charge in [0.25, 0.3) is 0 Å². The number of carbonyl (C=O) groups is 4. The van der Waals surface area contributed by atoms with Crippen molar-refractivity contribution in [1.82, 2.24) is 10.6 Å². The number of halogens is 1. The van der Waals surface area contributed by atoms with Crippen molar-refractivity contribution >= 4 is 29.5 Å². The second-order valence-electron chi connectivity index (χ2n) is 7.91. The van der Waals surface area contributed by atoms with E-state index < -0.39 is 35.9 Å². The molecule has 0 bridgehead atoms. The predicted molar refractivity (Wildman–Crippen MR) is 122 cm³/mol. The molecule has 3 rings (SSSR count). The van der Waals surface area contributed by atoms with E-state index in [2.05, 4.69) is 10.6 Å². The molecule has 34 heavy (non-hydrogen) atoms. The van der Waals surface area contributed by atoms with Crippen LogP contribution in [0.2, 0.25) is 0 Å². The maximum absolute atomic E-state index is 14.9. The predicted octanol–water partition coefficient (Wildman–Crippen LogP) is 0.773. The van der Waals surface area contributed by atoms with Crippen LogP contribution in [0.4, 0.5) is 14.9 Å². The van der Waals surface area contributed by atoms with Crippen LogP contribution in [0.3, 0.4) is 0 Å². The van der Waals surface area contributed by atoms with Crippen molar-refractivity contribution in [2.45, 2.75) is 32.0 Å². The van der Waals surface area contributed by atoms with Crippen molar-refractivity contribution in [1.29, 1.82) is 0 Å². The summed E-state index contributed by atoms with van der Waals surface area (Å²) in [5.41, 5.74) is 12.7. The first-order chi connectivity index (χ1) is 16.1. The maximum Gasteiger partial charge on any atom is 0.414 e. The first kappa shape index (κ1) is 24.6. The summed E-state index contributed by atoms with van der Waals surface area (Å²) >= 11 is 0. The summed E-state index contributed by atoms with van der Waals surface area (Å²) in [6.45, 7) is 1.93. The molecule has 11 heteroatoms. The fourth-order valence-corrected chi connectivity index (χ4v) is 3.43. The highest BCUT2D eigenvalue weighted by Gasteiger charge is 2.32. The van der Waals surface area contributed by atoms with Crippen LogP contribution in [0.15, 0.2) is 42.5 Å². The Kier molecular flexibility index (Phi) is 7.79. The standard InChI is InChI=1S/C23H26FN5O5/c1-13(30)27-11-17-12-29(23(33)34-17)16-6-7-18(19(24)8-16)15-4-2-14(3-5-15)10-28-22(32)20(25)9-21(26)31/h2-8,17,20H,9-12,25H2,1H3,(H2,26,31)(H,27,30)(H,28,32)/t17-,20-/m0/s1. The number of hydrogen-bond acceptors (Lipinski definition) is 6. The molecule has 0 unspecified atom stereocenters. The Bertz CT molecular complexity index is 1090. The van der Waals surface area contributed by atoms with Crippen LogP contribution < -0.4 is 27.0 Å². The molecule has 4 amide bonds. The van der Waals surface area contributed by atoms with Gasteiger partial charge in [-0.05, 0) is 29.3 Å². The molecule has 0 aliphatic carbocycles. The van der Waals surface area contributed by atoms with Gasteiger partial charge in [-0.3, -0.25) is 19.3 Å². The molecule has 1 aliphatic heterocycles. The van der Waals surface area contributed by atoms with Gasteiger partial charge in [0.1, 0.15) is 11.9 Å². The van der Waals surface area contributed by atoms with E-state index in [-0.39, 0.29) is 32.0 Å². The Morgan fingerprint density at radius 3 is 2.50 bits per heavy atom. The van der Waals surface area contributed by atoms with Gasteiger partial charge in [0, 0.05) is 19.0 Å². The van der Waals surface area contributed by atoms with Gasteiger partial charge in [0.15, 0.2) is 0 Å². The third-order valence-corrected chi connectivity index (χ3v) is 5.21. The van der Waals surface area contributed by atoms with Gasteiger partial charge in [-0.15, -0.1) is 0 Å². The van der Waals surface area contributed by atoms with Crippen molar-refractivity contribution in [3.8, 4) is 11.1 Å². The summed E-state index contributed by atoms with van der Waals surface area (Å²) in [5, 5.41) is 5.21. The lowest BCUT2D eigenvalue weighted by Crippen LogP contribution is -2.42. The first-order valence-electron chi connectivity index (χ1n) is 10.6. The van der Waals surface area contributed by atoms with Crippen LogP contribution in [-0.4, -0.2) is 49.1 Å². The molecule has 1 saturated heterocycles. The van der Waals surface area contributed by atoms with Crippen LogP contribution in [0.5, 0.6) is 0 Å². The zero-order valence-electron chi connectivity index (χ0n) is 18.5. The third-order valence-electron chi connectivity index (χ3n) is 5.21. The van der Waals surface area contributed by atoms with E-state index >= 15 is 0 Å². The van der Waals surface area contributed by atoms with Gasteiger partial charge in [-0.2, -0.15) is 0 Å². The Morgan fingerprint density at radius 2 is 1.88 bits per heavy atom. The average Bonchev–Trinajstić information content (AvgIpc) is 3.16. The molecular formula is C23H26FN5O5. The molecule has 0 saturated carbocycles. The summed E-state index contributed by atoms with van der Waals surface area (Å²) in [6.07, 6.45) is -1.37. The molecule has 6 N–H and O–H groups in total. The van der Waals surface area contributed by atoms with Gasteiger partial charge in [-0.1, -0.05) is 24.3 Å². The van der Waals surface area contributed by atoms with Crippen molar-refractivity contribution in [3.05, 3.63) is 53.8 Å². The number of primary amides is 1. The second-order valence-corrected chi connectivity index (χ2v) is 7.91. The lowest BCUT2D eigenvalue weighted by Gasteiger charge is -2.15. The zero-order valence-corrected chi connectivity index (χ0v) is 18.5. The minimum atomic E-state index is -1.02. The number of benzene rings is 2. The summed E-state index contributed by atoms with van der Waals surface area (Å²) in [6, 6.07) is 10.3. The SMILES string of the molecule is CC(=O)NC[C@H]1CN(c2ccc(-c3ccc(CNC(=O)[C@@H](N)CC(N)=O)cc3)c(F)c2)C(=O)O1. The largest absolute Gasteiger partial charge is 0.442 e. The van der Waals surface area contributed by atoms with Crippen LogP contribution in [0.25, 0.3) is 11.1 Å². The Labute approximate surface area is 195 Å². The third kappa shape index (κ3) is 6.29. The number of nitrogens with one attached hydrogen (secondary N) is 2. The van der Waals surface area contributed by atoms with Crippen LogP contribution in [-0.2, 0) is 25.7 Å². The van der Waals surface area contributed by atoms with Crippen molar-refractivity contribution in [2.75, 3.05) is 18.0 Å². The Hall–Kier alpha value is -3.99. The summed E-state index contributed by atoms with van der Waals surface area (Å²) < 4.78 is 20.1. The zero-order chi connectivity index (χ0) is 24.8. The highest BCUT2D eigenvalue weighted by Crippen LogP contribution is 2.29. The number of ether oxygens (including phenoxy) is 1. The highest BCUT2D eigenvalue weighted by molar-refractivity contribution is 5.90. The molecule has 2 aromatic rings. The number of carbonyl (C=O) groups excluding carboxylic acids is 4. The summed E-state index contributed by atoms with van der Waals surface area (Å²) in [4.78, 5) is 47.2. The normalized spacial score (nSPS) is 16.0. The molecule has 0 radical (unpaired) electrons. The van der Waals surface area contributed by atoms with Crippen molar-refractivity contribution < 1.29 is 28.3 Å². The maximum atomic E-state index is 14.9. The molecule has 2 aromatic carbocycles. The van der Waals surface area contributed by atoms with E-state index in [1.807, 2.05) is 0 Å². The second kappa shape index (κ2) is 10.8. The monoisotopic (exact) mass is 471 g/mol. The van der Waals surface area contributed by atoms with Gasteiger partial charge < -0.3 is 26.8 Å². The quantitative estimate of drug-likeness (QED) is 0.423. The molecule has 1 fully saturated rings. The number of rotatable bonds is 9. The number of cyclic esters (lactones) is 1. The van der Waals surface area contributed by atoms with Gasteiger partial charge in [0.2, 0.25) is 17.7 Å². The lowest BCUT2D eigenvalue weighted by molar-refractivity contribution is -0.126. The number of anilines is 1. The molecular weight excluding hydrogens is 445 g/mol. The highest BCUT2D eigenvalue weighted by atomic mass is 19.1. The van der Waals surface area contributed by atoms with E-state index in [1.54, 1.807) is 36.4 Å². The molecule has 10 nitrogen and oxygen atoms in total. The Balaban J connectivity index is 1.62. The molecule has 1 aliphatic rings. The number of nitrogens with zero attached hydrogens (tertiary/aromatic N) is 1. The average molecular weight is 471 g/mol. The fourth-order valence-electron chi connectivity index (χ4n) is 3.43. The van der Waals surface area contributed by atoms with Gasteiger partial charge in [-0.25, -0.2) is 9.18 Å². The topological polar surface area (TPSA) is 157 Å². The first-order valence-corrected chi connectivity index (χ1v) is 10.6. The van der Waals surface area contributed by atoms with Crippen LogP contribution in [0.1, 0.15) is 18.9 Å². The number of hydrogen-bond donors (Lipinski definition) is 4.